The number of amides is 1. The van der Waals surface area contributed by atoms with Crippen molar-refractivity contribution in [2.45, 2.75) is 6.54 Å². The topological polar surface area (TPSA) is 92.9 Å². The molecule has 6 nitrogen and oxygen atoms in total. The molecule has 0 saturated heterocycles. The molecule has 0 fully saturated rings. The fraction of sp³-hybridized carbons (Fsp3) is 0.100. The van der Waals surface area contributed by atoms with E-state index in [1.165, 1.54) is 17.5 Å². The molecule has 0 spiro atoms. The van der Waals surface area contributed by atoms with Gasteiger partial charge in [0.1, 0.15) is 5.01 Å². The summed E-state index contributed by atoms with van der Waals surface area (Å²) >= 11 is 1.49. The second-order valence-electron chi connectivity index (χ2n) is 3.17. The van der Waals surface area contributed by atoms with E-state index >= 15 is 0 Å². The molecule has 0 aliphatic heterocycles. The summed E-state index contributed by atoms with van der Waals surface area (Å²) in [5.41, 5.74) is 3.38. The number of nitrogens with one attached hydrogen (secondary N) is 2. The number of thiazole rings is 1. The van der Waals surface area contributed by atoms with Gasteiger partial charge in [0.05, 0.1) is 24.0 Å². The summed E-state index contributed by atoms with van der Waals surface area (Å²) in [5.74, 6) is 5.09. The van der Waals surface area contributed by atoms with E-state index < -0.39 is 0 Å². The summed E-state index contributed by atoms with van der Waals surface area (Å²) in [4.78, 5) is 19.8. The number of anilines is 1. The van der Waals surface area contributed by atoms with E-state index in [0.29, 0.717) is 17.8 Å². The number of nitrogens with two attached hydrogens (primary N) is 1. The monoisotopic (exact) mass is 249 g/mol. The number of hydrazine groups is 1. The van der Waals surface area contributed by atoms with E-state index in [-0.39, 0.29) is 5.91 Å². The van der Waals surface area contributed by atoms with Crippen LogP contribution in [0, 0.1) is 0 Å². The molecule has 4 N–H and O–H groups in total. The normalized spacial score (nSPS) is 9.94. The quantitative estimate of drug-likeness (QED) is 0.549. The molecule has 17 heavy (non-hydrogen) atoms. The van der Waals surface area contributed by atoms with Gasteiger partial charge in [-0.25, -0.2) is 4.98 Å². The second-order valence-corrected chi connectivity index (χ2v) is 4.15. The summed E-state index contributed by atoms with van der Waals surface area (Å²) in [6.07, 6.45) is 4.74. The number of carbonyl (C=O) groups is 1. The maximum absolute atomic E-state index is 11.9. The third-order valence-electron chi connectivity index (χ3n) is 2.10. The van der Waals surface area contributed by atoms with Gasteiger partial charge in [-0.3, -0.25) is 15.6 Å². The smallest absolute Gasteiger partial charge is 0.253 e. The van der Waals surface area contributed by atoms with Crippen LogP contribution in [0.4, 0.5) is 5.69 Å². The standard InChI is InChI=1S/C10H11N5OS/c11-15-8-5-12-2-1-7(8)10(16)14-6-9-13-3-4-17-9/h1-5,15H,6,11H2,(H,14,16). The molecule has 88 valence electrons. The second kappa shape index (κ2) is 5.37. The molecule has 2 rings (SSSR count). The van der Waals surface area contributed by atoms with Crippen LogP contribution in [0.2, 0.25) is 0 Å². The first-order chi connectivity index (χ1) is 8.31. The largest absolute Gasteiger partial charge is 0.345 e. The van der Waals surface area contributed by atoms with Crippen LogP contribution in [-0.4, -0.2) is 15.9 Å². The number of aromatic nitrogens is 2. The van der Waals surface area contributed by atoms with Crippen LogP contribution >= 0.6 is 11.3 Å². The molecule has 2 aromatic heterocycles. The van der Waals surface area contributed by atoms with Gasteiger partial charge < -0.3 is 10.7 Å². The average Bonchev–Trinajstić information content (AvgIpc) is 2.89. The highest BCUT2D eigenvalue weighted by Gasteiger charge is 2.10. The molecule has 2 aromatic rings. The Morgan fingerprint density at radius 2 is 2.35 bits per heavy atom. The highest BCUT2D eigenvalue weighted by atomic mass is 32.1. The Morgan fingerprint density at radius 3 is 3.06 bits per heavy atom. The van der Waals surface area contributed by atoms with E-state index in [4.69, 9.17) is 5.84 Å². The molecule has 2 heterocycles. The zero-order valence-electron chi connectivity index (χ0n) is 8.88. The fourth-order valence-corrected chi connectivity index (χ4v) is 1.85. The molecule has 0 saturated carbocycles. The van der Waals surface area contributed by atoms with Crippen molar-refractivity contribution in [1.82, 2.24) is 15.3 Å². The van der Waals surface area contributed by atoms with Crippen molar-refractivity contribution in [3.63, 3.8) is 0 Å². The van der Waals surface area contributed by atoms with Crippen LogP contribution in [0.1, 0.15) is 15.4 Å². The highest BCUT2D eigenvalue weighted by Crippen LogP contribution is 2.12. The Balaban J connectivity index is 2.04. The van der Waals surface area contributed by atoms with Crippen LogP contribution in [0.15, 0.2) is 30.0 Å². The van der Waals surface area contributed by atoms with E-state index in [9.17, 15) is 4.79 Å². The zero-order chi connectivity index (χ0) is 12.1. The third-order valence-corrected chi connectivity index (χ3v) is 2.88. The van der Waals surface area contributed by atoms with Crippen LogP contribution < -0.4 is 16.6 Å². The molecule has 0 unspecified atom stereocenters. The molecule has 0 bridgehead atoms. The Kier molecular flexibility index (Phi) is 3.63. The van der Waals surface area contributed by atoms with Gasteiger partial charge in [0.25, 0.3) is 5.91 Å². The zero-order valence-corrected chi connectivity index (χ0v) is 9.70. The van der Waals surface area contributed by atoms with Crippen LogP contribution in [0.5, 0.6) is 0 Å². The lowest BCUT2D eigenvalue weighted by atomic mass is 10.2. The molecule has 0 aliphatic rings. The van der Waals surface area contributed by atoms with Gasteiger partial charge in [0, 0.05) is 17.8 Å². The summed E-state index contributed by atoms with van der Waals surface area (Å²) in [5, 5.41) is 5.48. The number of hydrogen-bond donors (Lipinski definition) is 3. The van der Waals surface area contributed by atoms with Gasteiger partial charge in [0.2, 0.25) is 0 Å². The minimum atomic E-state index is -0.212. The SMILES string of the molecule is NNc1cnccc1C(=O)NCc1nccs1. The Morgan fingerprint density at radius 1 is 1.47 bits per heavy atom. The van der Waals surface area contributed by atoms with Crippen LogP contribution in [0.3, 0.4) is 0 Å². The van der Waals surface area contributed by atoms with Gasteiger partial charge in [-0.2, -0.15) is 0 Å². The van der Waals surface area contributed by atoms with Crippen LogP contribution in [0.25, 0.3) is 0 Å². The van der Waals surface area contributed by atoms with Crippen molar-refractivity contribution in [2.24, 2.45) is 5.84 Å². The van der Waals surface area contributed by atoms with Crippen molar-refractivity contribution < 1.29 is 4.79 Å². The van der Waals surface area contributed by atoms with Crippen molar-refractivity contribution >= 4 is 22.9 Å². The first-order valence-electron chi connectivity index (χ1n) is 4.88. The lowest BCUT2D eigenvalue weighted by Crippen LogP contribution is -2.24. The third kappa shape index (κ3) is 2.77. The number of nitrogens with zero attached hydrogens (tertiary/aromatic N) is 2. The molecular formula is C10H11N5OS. The highest BCUT2D eigenvalue weighted by molar-refractivity contribution is 7.09. The first-order valence-corrected chi connectivity index (χ1v) is 5.76. The lowest BCUT2D eigenvalue weighted by Gasteiger charge is -2.07. The van der Waals surface area contributed by atoms with E-state index in [1.54, 1.807) is 18.5 Å². The van der Waals surface area contributed by atoms with E-state index in [2.05, 4.69) is 20.7 Å². The number of nitrogen functional groups attached to an aromatic ring is 1. The summed E-state index contributed by atoms with van der Waals surface area (Å²) < 4.78 is 0. The predicted molar refractivity (Wildman–Crippen MR) is 65.3 cm³/mol. The maximum atomic E-state index is 11.9. The Hall–Kier alpha value is -1.99. The van der Waals surface area contributed by atoms with E-state index in [0.717, 1.165) is 5.01 Å². The molecule has 0 radical (unpaired) electrons. The average molecular weight is 249 g/mol. The minimum absolute atomic E-state index is 0.212. The van der Waals surface area contributed by atoms with Gasteiger partial charge in [-0.15, -0.1) is 11.3 Å². The van der Waals surface area contributed by atoms with Crippen molar-refractivity contribution in [3.05, 3.63) is 40.6 Å². The van der Waals surface area contributed by atoms with E-state index in [1.807, 2.05) is 5.38 Å². The van der Waals surface area contributed by atoms with Gasteiger partial charge in [-0.1, -0.05) is 0 Å². The molecule has 0 atom stereocenters. The van der Waals surface area contributed by atoms with Gasteiger partial charge in [-0.05, 0) is 6.07 Å². The number of hydrogen-bond acceptors (Lipinski definition) is 6. The number of carbonyl (C=O) groups excluding carboxylic acids is 1. The van der Waals surface area contributed by atoms with Crippen LogP contribution in [-0.2, 0) is 6.54 Å². The molecule has 7 heteroatoms. The van der Waals surface area contributed by atoms with Gasteiger partial charge >= 0.3 is 0 Å². The summed E-state index contributed by atoms with van der Waals surface area (Å²) in [6.45, 7) is 0.406. The van der Waals surface area contributed by atoms with Crippen molar-refractivity contribution in [3.8, 4) is 0 Å². The number of pyridine rings is 1. The molecule has 1 amide bonds. The molecule has 0 aliphatic carbocycles. The molecule has 0 aromatic carbocycles. The Bertz CT molecular complexity index is 499. The Labute approximate surface area is 102 Å². The summed E-state index contributed by atoms with van der Waals surface area (Å²) in [6, 6.07) is 1.60. The van der Waals surface area contributed by atoms with Crippen molar-refractivity contribution in [2.75, 3.05) is 5.43 Å². The lowest BCUT2D eigenvalue weighted by molar-refractivity contribution is 0.0951. The maximum Gasteiger partial charge on any atom is 0.253 e. The fourth-order valence-electron chi connectivity index (χ4n) is 1.30. The predicted octanol–water partition coefficient (Wildman–Crippen LogP) is 0.754. The van der Waals surface area contributed by atoms with Crippen molar-refractivity contribution in [1.29, 1.82) is 0 Å². The molecular weight excluding hydrogens is 238 g/mol. The first kappa shape index (κ1) is 11.5. The number of rotatable bonds is 4. The minimum Gasteiger partial charge on any atom is -0.345 e. The van der Waals surface area contributed by atoms with Gasteiger partial charge in [0.15, 0.2) is 0 Å². The summed E-state index contributed by atoms with van der Waals surface area (Å²) in [7, 11) is 0.